The topological polar surface area (TPSA) is 79.2 Å². The van der Waals surface area contributed by atoms with Gasteiger partial charge in [0.1, 0.15) is 5.54 Å². The lowest BCUT2D eigenvalue weighted by atomic mass is 9.83. The Bertz CT molecular complexity index is 625. The van der Waals surface area contributed by atoms with Crippen LogP contribution in [0.5, 0.6) is 0 Å². The van der Waals surface area contributed by atoms with Crippen molar-refractivity contribution in [3.8, 4) is 6.07 Å². The van der Waals surface area contributed by atoms with Gasteiger partial charge in [-0.2, -0.15) is 5.26 Å². The number of ether oxygens (including phenoxy) is 1. The minimum absolute atomic E-state index is 0.126. The molecule has 0 saturated heterocycles. The van der Waals surface area contributed by atoms with Gasteiger partial charge >= 0.3 is 5.97 Å². The summed E-state index contributed by atoms with van der Waals surface area (Å²) < 4.78 is 5.22. The van der Waals surface area contributed by atoms with Crippen LogP contribution >= 0.6 is 0 Å². The van der Waals surface area contributed by atoms with Gasteiger partial charge in [-0.05, 0) is 32.3 Å². The first-order valence-electron chi connectivity index (χ1n) is 8.42. The van der Waals surface area contributed by atoms with Gasteiger partial charge in [-0.15, -0.1) is 0 Å². The van der Waals surface area contributed by atoms with Crippen LogP contribution in [0.3, 0.4) is 0 Å². The molecule has 1 saturated carbocycles. The molecular weight excluding hydrogens is 304 g/mol. The van der Waals surface area contributed by atoms with Crippen LogP contribution in [0, 0.1) is 18.3 Å². The highest BCUT2D eigenvalue weighted by Gasteiger charge is 2.35. The summed E-state index contributed by atoms with van der Waals surface area (Å²) in [5.41, 5.74) is 1.15. The standard InChI is InChI=1S/C19H24N2O3/c1-14-6-8-16(9-7-14)12-17(22)24-15(2)18(23)21-19(13-20)10-4-3-5-11-19/h6-9,15H,3-5,10-12H2,1-2H3,(H,21,23)/t15-/m0/s1. The van der Waals surface area contributed by atoms with Gasteiger partial charge in [-0.25, -0.2) is 0 Å². The molecule has 1 aromatic carbocycles. The number of benzene rings is 1. The molecule has 1 aliphatic carbocycles. The van der Waals surface area contributed by atoms with E-state index in [2.05, 4.69) is 11.4 Å². The number of nitrogens with zero attached hydrogens (tertiary/aromatic N) is 1. The number of rotatable bonds is 5. The molecule has 5 nitrogen and oxygen atoms in total. The zero-order valence-electron chi connectivity index (χ0n) is 14.3. The van der Waals surface area contributed by atoms with E-state index in [-0.39, 0.29) is 6.42 Å². The minimum Gasteiger partial charge on any atom is -0.452 e. The summed E-state index contributed by atoms with van der Waals surface area (Å²) in [6.45, 7) is 3.51. The molecule has 0 bridgehead atoms. The van der Waals surface area contributed by atoms with Crippen LogP contribution < -0.4 is 5.32 Å². The SMILES string of the molecule is Cc1ccc(CC(=O)O[C@@H](C)C(=O)NC2(C#N)CCCCC2)cc1. The lowest BCUT2D eigenvalue weighted by Gasteiger charge is -2.32. The van der Waals surface area contributed by atoms with E-state index in [4.69, 9.17) is 4.74 Å². The molecule has 2 rings (SSSR count). The second kappa shape index (κ2) is 7.96. The first-order chi connectivity index (χ1) is 11.4. The van der Waals surface area contributed by atoms with Gasteiger partial charge in [0.25, 0.3) is 5.91 Å². The third-order valence-corrected chi connectivity index (χ3v) is 4.43. The number of hydrogen-bond donors (Lipinski definition) is 1. The van der Waals surface area contributed by atoms with E-state index in [1.165, 1.54) is 6.92 Å². The zero-order chi connectivity index (χ0) is 17.6. The largest absolute Gasteiger partial charge is 0.452 e. The Morgan fingerprint density at radius 3 is 2.46 bits per heavy atom. The fraction of sp³-hybridized carbons (Fsp3) is 0.526. The number of nitrogens with one attached hydrogen (secondary N) is 1. The summed E-state index contributed by atoms with van der Waals surface area (Å²) in [6, 6.07) is 9.83. The molecule has 1 aromatic rings. The van der Waals surface area contributed by atoms with Gasteiger partial charge in [0.2, 0.25) is 0 Å². The number of carbonyl (C=O) groups excluding carboxylic acids is 2. The Balaban J connectivity index is 1.87. The molecule has 1 atom stereocenters. The third-order valence-electron chi connectivity index (χ3n) is 4.43. The van der Waals surface area contributed by atoms with Gasteiger partial charge in [-0.3, -0.25) is 9.59 Å². The Morgan fingerprint density at radius 1 is 1.25 bits per heavy atom. The number of esters is 1. The maximum absolute atomic E-state index is 12.3. The smallest absolute Gasteiger partial charge is 0.311 e. The Morgan fingerprint density at radius 2 is 1.88 bits per heavy atom. The van der Waals surface area contributed by atoms with E-state index in [1.807, 2.05) is 31.2 Å². The maximum atomic E-state index is 12.3. The Hall–Kier alpha value is -2.35. The molecule has 128 valence electrons. The summed E-state index contributed by atoms with van der Waals surface area (Å²) >= 11 is 0. The highest BCUT2D eigenvalue weighted by Crippen LogP contribution is 2.27. The molecule has 24 heavy (non-hydrogen) atoms. The van der Waals surface area contributed by atoms with Gasteiger partial charge in [0.05, 0.1) is 12.5 Å². The predicted molar refractivity (Wildman–Crippen MR) is 90.0 cm³/mol. The Kier molecular flexibility index (Phi) is 5.97. The molecule has 1 amide bonds. The average molecular weight is 328 g/mol. The van der Waals surface area contributed by atoms with Gasteiger partial charge in [0, 0.05) is 0 Å². The van der Waals surface area contributed by atoms with Gasteiger partial charge in [0.15, 0.2) is 6.10 Å². The van der Waals surface area contributed by atoms with E-state index in [0.29, 0.717) is 12.8 Å². The van der Waals surface area contributed by atoms with Crippen molar-refractivity contribution in [3.05, 3.63) is 35.4 Å². The van der Waals surface area contributed by atoms with Crippen molar-refractivity contribution in [2.24, 2.45) is 0 Å². The quantitative estimate of drug-likeness (QED) is 0.843. The zero-order valence-corrected chi connectivity index (χ0v) is 14.3. The van der Waals surface area contributed by atoms with E-state index < -0.39 is 23.5 Å². The second-order valence-electron chi connectivity index (χ2n) is 6.54. The molecule has 0 spiro atoms. The first kappa shape index (κ1) is 18.0. The molecule has 0 aliphatic heterocycles. The molecule has 0 aromatic heterocycles. The molecule has 0 unspecified atom stereocenters. The minimum atomic E-state index is -0.907. The number of nitriles is 1. The fourth-order valence-corrected chi connectivity index (χ4v) is 2.92. The Labute approximate surface area is 143 Å². The van der Waals surface area contributed by atoms with Crippen LogP contribution in [0.1, 0.15) is 50.2 Å². The maximum Gasteiger partial charge on any atom is 0.311 e. The van der Waals surface area contributed by atoms with Crippen molar-refractivity contribution in [1.82, 2.24) is 5.32 Å². The second-order valence-corrected chi connectivity index (χ2v) is 6.54. The van der Waals surface area contributed by atoms with Crippen LogP contribution in [-0.2, 0) is 20.7 Å². The molecule has 1 N–H and O–H groups in total. The lowest BCUT2D eigenvalue weighted by Crippen LogP contribution is -2.52. The van der Waals surface area contributed by atoms with E-state index in [0.717, 1.165) is 30.4 Å². The first-order valence-corrected chi connectivity index (χ1v) is 8.42. The summed E-state index contributed by atoms with van der Waals surface area (Å²) in [4.78, 5) is 24.3. The van der Waals surface area contributed by atoms with E-state index >= 15 is 0 Å². The highest BCUT2D eigenvalue weighted by molar-refractivity contribution is 5.84. The summed E-state index contributed by atoms with van der Waals surface area (Å²) in [6.07, 6.45) is 3.46. The molecule has 5 heteroatoms. The fourth-order valence-electron chi connectivity index (χ4n) is 2.92. The van der Waals surface area contributed by atoms with Crippen LogP contribution in [0.4, 0.5) is 0 Å². The van der Waals surface area contributed by atoms with Crippen LogP contribution in [-0.4, -0.2) is 23.5 Å². The van der Waals surface area contributed by atoms with Crippen molar-refractivity contribution in [2.45, 2.75) is 64.0 Å². The number of hydrogen-bond acceptors (Lipinski definition) is 4. The van der Waals surface area contributed by atoms with Gasteiger partial charge < -0.3 is 10.1 Å². The van der Waals surface area contributed by atoms with Crippen molar-refractivity contribution in [2.75, 3.05) is 0 Å². The predicted octanol–water partition coefficient (Wildman–Crippen LogP) is 2.81. The normalized spacial score (nSPS) is 17.4. The van der Waals surface area contributed by atoms with Crippen molar-refractivity contribution < 1.29 is 14.3 Å². The number of amides is 1. The summed E-state index contributed by atoms with van der Waals surface area (Å²) in [7, 11) is 0. The number of carbonyl (C=O) groups is 2. The monoisotopic (exact) mass is 328 g/mol. The van der Waals surface area contributed by atoms with Crippen molar-refractivity contribution >= 4 is 11.9 Å². The average Bonchev–Trinajstić information content (AvgIpc) is 2.57. The van der Waals surface area contributed by atoms with E-state index in [1.54, 1.807) is 0 Å². The highest BCUT2D eigenvalue weighted by atomic mass is 16.5. The van der Waals surface area contributed by atoms with Gasteiger partial charge in [-0.1, -0.05) is 49.1 Å². The molecule has 0 heterocycles. The molecule has 1 aliphatic rings. The summed E-state index contributed by atoms with van der Waals surface area (Å²) in [5, 5.41) is 12.2. The van der Waals surface area contributed by atoms with Crippen molar-refractivity contribution in [1.29, 1.82) is 5.26 Å². The van der Waals surface area contributed by atoms with Crippen molar-refractivity contribution in [3.63, 3.8) is 0 Å². The third kappa shape index (κ3) is 4.82. The number of aryl methyl sites for hydroxylation is 1. The molecule has 0 radical (unpaired) electrons. The summed E-state index contributed by atoms with van der Waals surface area (Å²) in [5.74, 6) is -0.855. The van der Waals surface area contributed by atoms with Crippen LogP contribution in [0.25, 0.3) is 0 Å². The molecular formula is C19H24N2O3. The van der Waals surface area contributed by atoms with E-state index in [9.17, 15) is 14.9 Å². The lowest BCUT2D eigenvalue weighted by molar-refractivity contribution is -0.154. The van der Waals surface area contributed by atoms with Crippen LogP contribution in [0.2, 0.25) is 0 Å². The van der Waals surface area contributed by atoms with Crippen LogP contribution in [0.15, 0.2) is 24.3 Å². The molecule has 1 fully saturated rings.